The summed E-state index contributed by atoms with van der Waals surface area (Å²) in [5.74, 6) is -0.271. The number of aliphatic hydroxyl groups is 3. The van der Waals surface area contributed by atoms with Crippen LogP contribution in [0.25, 0.3) is 0 Å². The number of halogens is 1. The second-order valence-electron chi connectivity index (χ2n) is 9.72. The van der Waals surface area contributed by atoms with Crippen molar-refractivity contribution in [2.45, 2.75) is 68.7 Å². The normalized spacial score (nSPS) is 48.8. The molecular weight excluding hydrogens is 471 g/mol. The molecule has 0 radical (unpaired) electrons. The number of alkyl halides is 1. The third-order valence-corrected chi connectivity index (χ3v) is 9.37. The van der Waals surface area contributed by atoms with E-state index >= 15 is 0 Å². The zero-order chi connectivity index (χ0) is 20.6. The van der Waals surface area contributed by atoms with E-state index < -0.39 is 27.0 Å². The van der Waals surface area contributed by atoms with Crippen molar-refractivity contribution in [1.29, 1.82) is 0 Å². The first-order chi connectivity index (χ1) is 13.0. The van der Waals surface area contributed by atoms with Gasteiger partial charge < -0.3 is 15.3 Å². The Kier molecular flexibility index (Phi) is 4.78. The standard InChI is InChI=1S/C22H29IO5/c1-11-8-13(24)9-12-4-5-14-15-6-7-22(28,18(26)19(23)27)20(15,2)10-16(25)17(14)21(11,12)3/h8-9,14-17,19,25,27-28H,4-7,10H2,1-3H3/t14-,15-,16-,17+,19?,20-,21+,22-/m0/s1. The molecule has 4 rings (SSSR count). The fourth-order valence-electron chi connectivity index (χ4n) is 7.29. The topological polar surface area (TPSA) is 94.8 Å². The second-order valence-corrected chi connectivity index (χ2v) is 10.9. The van der Waals surface area contributed by atoms with Crippen molar-refractivity contribution in [2.75, 3.05) is 0 Å². The fraction of sp³-hybridized carbons (Fsp3) is 0.727. The van der Waals surface area contributed by atoms with Gasteiger partial charge in [0.15, 0.2) is 9.89 Å². The van der Waals surface area contributed by atoms with Gasteiger partial charge in [-0.1, -0.05) is 25.0 Å². The molecular formula is C22H29IO5. The van der Waals surface area contributed by atoms with Crippen molar-refractivity contribution >= 4 is 34.2 Å². The molecule has 154 valence electrons. The number of carbonyl (C=O) groups is 2. The third kappa shape index (κ3) is 2.47. The molecule has 0 aromatic carbocycles. The molecule has 8 atom stereocenters. The lowest BCUT2D eigenvalue weighted by molar-refractivity contribution is -0.179. The molecule has 1 unspecified atom stereocenters. The van der Waals surface area contributed by atoms with Gasteiger partial charge in [-0.25, -0.2) is 0 Å². The number of Topliss-reactive ketones (excluding diaryl/α,β-unsaturated/α-hetero) is 1. The van der Waals surface area contributed by atoms with Crippen LogP contribution in [-0.4, -0.2) is 42.7 Å². The molecule has 0 heterocycles. The molecule has 0 saturated heterocycles. The van der Waals surface area contributed by atoms with Gasteiger partial charge in [0.2, 0.25) is 5.78 Å². The van der Waals surface area contributed by atoms with Crippen LogP contribution in [-0.2, 0) is 9.59 Å². The third-order valence-electron chi connectivity index (χ3n) is 8.81. The van der Waals surface area contributed by atoms with Crippen LogP contribution in [0, 0.1) is 28.6 Å². The van der Waals surface area contributed by atoms with Crippen LogP contribution in [0.3, 0.4) is 0 Å². The highest BCUT2D eigenvalue weighted by Crippen LogP contribution is 2.68. The van der Waals surface area contributed by atoms with Crippen LogP contribution in [0.4, 0.5) is 0 Å². The first kappa shape index (κ1) is 20.7. The highest BCUT2D eigenvalue weighted by atomic mass is 127. The van der Waals surface area contributed by atoms with Crippen LogP contribution >= 0.6 is 22.6 Å². The van der Waals surface area contributed by atoms with E-state index in [0.29, 0.717) is 19.3 Å². The quantitative estimate of drug-likeness (QED) is 0.401. The monoisotopic (exact) mass is 500 g/mol. The molecule has 5 nitrogen and oxygen atoms in total. The van der Waals surface area contributed by atoms with Crippen LogP contribution in [0.5, 0.6) is 0 Å². The minimum absolute atomic E-state index is 0.0236. The summed E-state index contributed by atoms with van der Waals surface area (Å²) in [4.78, 5) is 24.8. The van der Waals surface area contributed by atoms with Gasteiger partial charge in [0, 0.05) is 16.7 Å². The van der Waals surface area contributed by atoms with Gasteiger partial charge in [-0.15, -0.1) is 0 Å². The summed E-state index contributed by atoms with van der Waals surface area (Å²) in [6.07, 6.45) is 5.77. The first-order valence-corrected chi connectivity index (χ1v) is 11.4. The maximum atomic E-state index is 12.7. The van der Waals surface area contributed by atoms with E-state index in [1.54, 1.807) is 34.7 Å². The molecule has 4 aliphatic carbocycles. The molecule has 0 aromatic heterocycles. The number of ketones is 2. The highest BCUT2D eigenvalue weighted by Gasteiger charge is 2.68. The fourth-order valence-corrected chi connectivity index (χ4v) is 7.80. The average Bonchev–Trinajstić information content (AvgIpc) is 2.87. The highest BCUT2D eigenvalue weighted by molar-refractivity contribution is 14.1. The van der Waals surface area contributed by atoms with Crippen molar-refractivity contribution < 1.29 is 24.9 Å². The Balaban J connectivity index is 1.77. The van der Waals surface area contributed by atoms with E-state index in [2.05, 4.69) is 6.92 Å². The van der Waals surface area contributed by atoms with Crippen molar-refractivity contribution in [3.05, 3.63) is 23.3 Å². The molecule has 3 N–H and O–H groups in total. The zero-order valence-electron chi connectivity index (χ0n) is 16.6. The molecule has 0 bridgehead atoms. The van der Waals surface area contributed by atoms with Crippen molar-refractivity contribution in [1.82, 2.24) is 0 Å². The number of rotatable bonds is 2. The van der Waals surface area contributed by atoms with E-state index in [1.165, 1.54) is 0 Å². The van der Waals surface area contributed by atoms with E-state index in [1.807, 2.05) is 13.8 Å². The molecule has 0 amide bonds. The average molecular weight is 500 g/mol. The molecule has 4 aliphatic rings. The van der Waals surface area contributed by atoms with Crippen LogP contribution in [0.1, 0.15) is 52.9 Å². The predicted molar refractivity (Wildman–Crippen MR) is 113 cm³/mol. The van der Waals surface area contributed by atoms with Crippen LogP contribution in [0.15, 0.2) is 23.3 Å². The summed E-state index contributed by atoms with van der Waals surface area (Å²) in [6, 6.07) is 0. The number of hydrogen-bond donors (Lipinski definition) is 3. The first-order valence-electron chi connectivity index (χ1n) is 10.2. The Bertz CT molecular complexity index is 801. The summed E-state index contributed by atoms with van der Waals surface area (Å²) in [5, 5.41) is 32.6. The summed E-state index contributed by atoms with van der Waals surface area (Å²) in [7, 11) is 0. The van der Waals surface area contributed by atoms with Gasteiger partial charge in [-0.05, 0) is 85.6 Å². The van der Waals surface area contributed by atoms with E-state index in [4.69, 9.17) is 0 Å². The number of hydrogen-bond acceptors (Lipinski definition) is 5. The lowest BCUT2D eigenvalue weighted by Gasteiger charge is -2.60. The largest absolute Gasteiger partial charge is 0.393 e. The zero-order valence-corrected chi connectivity index (χ0v) is 18.8. The molecule has 0 aromatic rings. The van der Waals surface area contributed by atoms with Gasteiger partial charge in [-0.2, -0.15) is 0 Å². The number of carbonyl (C=O) groups excluding carboxylic acids is 2. The van der Waals surface area contributed by atoms with E-state index in [-0.39, 0.29) is 29.0 Å². The molecule has 3 fully saturated rings. The van der Waals surface area contributed by atoms with Gasteiger partial charge in [-0.3, -0.25) is 9.59 Å². The second kappa shape index (κ2) is 6.46. The Morgan fingerprint density at radius 3 is 2.61 bits per heavy atom. The van der Waals surface area contributed by atoms with Crippen molar-refractivity contribution in [3.63, 3.8) is 0 Å². The minimum atomic E-state index is -1.60. The molecule has 6 heteroatoms. The molecule has 3 saturated carbocycles. The predicted octanol–water partition coefficient (Wildman–Crippen LogP) is 2.71. The Morgan fingerprint density at radius 1 is 1.29 bits per heavy atom. The van der Waals surface area contributed by atoms with Gasteiger partial charge >= 0.3 is 0 Å². The lowest BCUT2D eigenvalue weighted by atomic mass is 9.45. The summed E-state index contributed by atoms with van der Waals surface area (Å²) in [5.41, 5.74) is -0.608. The van der Waals surface area contributed by atoms with Crippen molar-refractivity contribution in [2.24, 2.45) is 28.6 Å². The number of aliphatic hydroxyl groups excluding tert-OH is 2. The van der Waals surface area contributed by atoms with Gasteiger partial charge in [0.05, 0.1) is 6.10 Å². The summed E-state index contributed by atoms with van der Waals surface area (Å²) < 4.78 is -1.25. The molecule has 0 spiro atoms. The lowest BCUT2D eigenvalue weighted by Crippen LogP contribution is -2.62. The van der Waals surface area contributed by atoms with E-state index in [0.717, 1.165) is 24.0 Å². The molecule has 0 aliphatic heterocycles. The van der Waals surface area contributed by atoms with Crippen LogP contribution < -0.4 is 0 Å². The smallest absolute Gasteiger partial charge is 0.203 e. The van der Waals surface area contributed by atoms with Gasteiger partial charge in [0.25, 0.3) is 0 Å². The van der Waals surface area contributed by atoms with E-state index in [9.17, 15) is 24.9 Å². The number of fused-ring (bicyclic) bond motifs is 5. The Morgan fingerprint density at radius 2 is 1.96 bits per heavy atom. The van der Waals surface area contributed by atoms with Crippen molar-refractivity contribution in [3.8, 4) is 0 Å². The Labute approximate surface area is 179 Å². The number of allylic oxidation sites excluding steroid dienone is 4. The van der Waals surface area contributed by atoms with Crippen LogP contribution in [0.2, 0.25) is 0 Å². The Hall–Kier alpha value is -0.570. The minimum Gasteiger partial charge on any atom is -0.393 e. The summed E-state index contributed by atoms with van der Waals surface area (Å²) >= 11 is 1.65. The van der Waals surface area contributed by atoms with Gasteiger partial charge in [0.1, 0.15) is 5.60 Å². The SMILES string of the molecule is CC1=CC(=O)C=C2CC[C@@H]3[C@H]([C@@H](O)C[C@@]4(C)[C@H]3CC[C@]4(O)C(=O)C(O)I)[C@]12C. The molecule has 28 heavy (non-hydrogen) atoms. The summed E-state index contributed by atoms with van der Waals surface area (Å²) in [6.45, 7) is 6.04. The maximum absolute atomic E-state index is 12.7. The maximum Gasteiger partial charge on any atom is 0.203 e.